The first-order chi connectivity index (χ1) is 44.2. The molecular weight excluding hydrogens is 1140 g/mol. The number of fused-ring (bicyclic) bond motifs is 3. The van der Waals surface area contributed by atoms with Crippen LogP contribution < -0.4 is 9.80 Å². The molecule has 1 unspecified atom stereocenters. The summed E-state index contributed by atoms with van der Waals surface area (Å²) in [5.74, 6) is 0. The van der Waals surface area contributed by atoms with Gasteiger partial charge in [0, 0.05) is 64.3 Å². The summed E-state index contributed by atoms with van der Waals surface area (Å²) in [6.07, 6.45) is 12.4. The Balaban J connectivity index is 0.891. The SMILES string of the molecule is C=C/C(=C\C1=C(C)c2ccc(-c3cc4cc(N(c5ccccc5)c5cccc(C)c5)ccc4s3)cc2C1(CCCCc1cccc(COCCO)c1)CCCCc1cccc(C2OCCO2)c1)c1cc2cc(N(c3ccccc3)c3cccc(C)c3)ccc2s1. The Kier molecular flexibility index (Phi) is 18.6. The number of unbranched alkanes of at least 4 members (excludes halogenated alkanes) is 2. The predicted octanol–water partition coefficient (Wildman–Crippen LogP) is 22.0. The Hall–Kier alpha value is -8.44. The minimum absolute atomic E-state index is 0.0196. The zero-order valence-electron chi connectivity index (χ0n) is 51.9. The molecule has 11 aromatic rings. The third-order valence-electron chi connectivity index (χ3n) is 18.0. The van der Waals surface area contributed by atoms with Crippen LogP contribution in [0.2, 0.25) is 0 Å². The van der Waals surface area contributed by atoms with Crippen LogP contribution in [-0.4, -0.2) is 31.5 Å². The first-order valence-electron chi connectivity index (χ1n) is 31.9. The number of ether oxygens (including phenoxy) is 3. The van der Waals surface area contributed by atoms with Gasteiger partial charge in [-0.15, -0.1) is 22.7 Å². The lowest BCUT2D eigenvalue weighted by atomic mass is 9.69. The number of para-hydroxylation sites is 2. The van der Waals surface area contributed by atoms with E-state index in [-0.39, 0.29) is 18.3 Å². The van der Waals surface area contributed by atoms with Crippen LogP contribution in [-0.2, 0) is 39.1 Å². The van der Waals surface area contributed by atoms with Crippen molar-refractivity contribution < 1.29 is 19.3 Å². The lowest BCUT2D eigenvalue weighted by molar-refractivity contribution is -0.0441. The molecule has 6 nitrogen and oxygen atoms in total. The summed E-state index contributed by atoms with van der Waals surface area (Å²) >= 11 is 3.73. The van der Waals surface area contributed by atoms with Crippen molar-refractivity contribution in [1.82, 2.24) is 0 Å². The fourth-order valence-electron chi connectivity index (χ4n) is 13.7. The van der Waals surface area contributed by atoms with Crippen molar-refractivity contribution in [2.45, 2.75) is 90.4 Å². The number of nitrogens with zero attached hydrogens (tertiary/aromatic N) is 2. The number of aryl methyl sites for hydroxylation is 4. The van der Waals surface area contributed by atoms with E-state index in [0.717, 1.165) is 102 Å². The van der Waals surface area contributed by atoms with Gasteiger partial charge in [-0.25, -0.2) is 0 Å². The second-order valence-electron chi connectivity index (χ2n) is 24.2. The predicted molar refractivity (Wildman–Crippen MR) is 380 cm³/mol. The molecule has 2 aromatic heterocycles. The third kappa shape index (κ3) is 13.2. The molecular formula is C82H78N2O4S2. The average molecular weight is 1220 g/mol. The number of anilines is 6. The van der Waals surface area contributed by atoms with Gasteiger partial charge in [-0.2, -0.15) is 0 Å². The lowest BCUT2D eigenvalue weighted by Gasteiger charge is -2.34. The summed E-state index contributed by atoms with van der Waals surface area (Å²) in [6.45, 7) is 13.4. The normalized spacial score (nSPS) is 15.1. The van der Waals surface area contributed by atoms with E-state index in [0.29, 0.717) is 26.4 Å². The molecule has 1 aliphatic heterocycles. The van der Waals surface area contributed by atoms with Crippen molar-refractivity contribution in [3.8, 4) is 10.4 Å². The quantitative estimate of drug-likeness (QED) is 0.0455. The van der Waals surface area contributed by atoms with E-state index in [4.69, 9.17) is 14.2 Å². The highest BCUT2D eigenvalue weighted by Gasteiger charge is 2.43. The minimum atomic E-state index is -0.294. The van der Waals surface area contributed by atoms with Crippen LogP contribution >= 0.6 is 22.7 Å². The van der Waals surface area contributed by atoms with Gasteiger partial charge in [0.1, 0.15) is 0 Å². The molecule has 9 aromatic carbocycles. The van der Waals surface area contributed by atoms with Crippen molar-refractivity contribution in [2.75, 3.05) is 36.2 Å². The molecule has 90 heavy (non-hydrogen) atoms. The molecule has 1 atom stereocenters. The van der Waals surface area contributed by atoms with Gasteiger partial charge in [-0.3, -0.25) is 0 Å². The maximum absolute atomic E-state index is 9.42. The monoisotopic (exact) mass is 1220 g/mol. The summed E-state index contributed by atoms with van der Waals surface area (Å²) < 4.78 is 20.2. The molecule has 452 valence electrons. The highest BCUT2D eigenvalue weighted by Crippen LogP contribution is 2.55. The Morgan fingerprint density at radius 3 is 1.74 bits per heavy atom. The summed E-state index contributed by atoms with van der Waals surface area (Å²) in [5.41, 5.74) is 21.7. The van der Waals surface area contributed by atoms with Gasteiger partial charge >= 0.3 is 0 Å². The Bertz CT molecular complexity index is 4380. The number of aliphatic hydroxyl groups excluding tert-OH is 1. The second-order valence-corrected chi connectivity index (χ2v) is 26.4. The Labute approximate surface area is 539 Å². The number of thiophene rings is 2. The average Bonchev–Trinajstić information content (AvgIpc) is 1.58. The summed E-state index contributed by atoms with van der Waals surface area (Å²) in [4.78, 5) is 7.21. The smallest absolute Gasteiger partial charge is 0.184 e. The van der Waals surface area contributed by atoms with Gasteiger partial charge in [-0.1, -0.05) is 147 Å². The summed E-state index contributed by atoms with van der Waals surface area (Å²) in [6, 6.07) is 82.7. The van der Waals surface area contributed by atoms with Crippen molar-refractivity contribution in [1.29, 1.82) is 0 Å². The first kappa shape index (κ1) is 60.5. The molecule has 0 saturated carbocycles. The van der Waals surface area contributed by atoms with Crippen LogP contribution in [0.5, 0.6) is 0 Å². The molecule has 1 saturated heterocycles. The highest BCUT2D eigenvalue weighted by molar-refractivity contribution is 7.22. The van der Waals surface area contributed by atoms with E-state index in [1.165, 1.54) is 80.0 Å². The van der Waals surface area contributed by atoms with E-state index in [9.17, 15) is 5.11 Å². The topological polar surface area (TPSA) is 54.4 Å². The van der Waals surface area contributed by atoms with E-state index in [2.05, 4.69) is 274 Å². The van der Waals surface area contributed by atoms with Crippen LogP contribution in [0, 0.1) is 13.8 Å². The molecule has 1 fully saturated rings. The van der Waals surface area contributed by atoms with Crippen LogP contribution in [0.25, 0.3) is 41.8 Å². The molecule has 0 spiro atoms. The summed E-state index contributed by atoms with van der Waals surface area (Å²) in [5, 5.41) is 11.9. The molecule has 3 heterocycles. The van der Waals surface area contributed by atoms with Gasteiger partial charge in [0.05, 0.1) is 33.0 Å². The molecule has 1 aliphatic carbocycles. The Morgan fingerprint density at radius 1 is 0.556 bits per heavy atom. The maximum Gasteiger partial charge on any atom is 0.184 e. The number of allylic oxidation sites excluding steroid dienone is 5. The van der Waals surface area contributed by atoms with Gasteiger partial charge < -0.3 is 29.1 Å². The minimum Gasteiger partial charge on any atom is -0.394 e. The largest absolute Gasteiger partial charge is 0.394 e. The number of benzene rings is 9. The fourth-order valence-corrected chi connectivity index (χ4v) is 15.8. The highest BCUT2D eigenvalue weighted by atomic mass is 32.1. The van der Waals surface area contributed by atoms with Crippen molar-refractivity contribution in [3.63, 3.8) is 0 Å². The van der Waals surface area contributed by atoms with Gasteiger partial charge in [0.2, 0.25) is 0 Å². The van der Waals surface area contributed by atoms with Gasteiger partial charge in [-0.05, 0) is 240 Å². The molecule has 0 amide bonds. The van der Waals surface area contributed by atoms with Gasteiger partial charge in [0.15, 0.2) is 6.29 Å². The zero-order chi connectivity index (χ0) is 61.4. The molecule has 8 heteroatoms. The second kappa shape index (κ2) is 27.7. The van der Waals surface area contributed by atoms with E-state index >= 15 is 0 Å². The fraction of sp³-hybridized carbons (Fsp3) is 0.220. The molecule has 0 radical (unpaired) electrons. The number of hydrogen-bond donors (Lipinski definition) is 1. The van der Waals surface area contributed by atoms with Crippen LogP contribution in [0.4, 0.5) is 34.1 Å². The molecule has 13 rings (SSSR count). The van der Waals surface area contributed by atoms with E-state index in [1.54, 1.807) is 0 Å². The third-order valence-corrected chi connectivity index (χ3v) is 20.3. The van der Waals surface area contributed by atoms with Gasteiger partial charge in [0.25, 0.3) is 0 Å². The standard InChI is InChI=1S/C82H78N2O4S2/c1-5-63(79-54-66-50-72(35-38-77(66)89-79)83(68-28-8-6-9-29-68)70-32-16-20-57(2)46-70)52-75-59(4)74-37-34-64(80-55-67-51-73(36-39-78(67)90-80)84(69-30-10-7-11-31-69)71-33-17-21-58(3)47-71)53-76(74)82(75,40-14-12-22-60-24-18-26-62(48-60)56-86-43-42-85)41-15-13-23-61-25-19-27-65(49-61)81-87-44-45-88-81/h5-11,16-21,24-39,46-55,81,85H,1,12-15,22-23,40-45,56H2,2-4H3/b63-52+. The number of rotatable bonds is 25. The lowest BCUT2D eigenvalue weighted by Crippen LogP contribution is -2.27. The van der Waals surface area contributed by atoms with Crippen molar-refractivity contribution >= 4 is 88.1 Å². The van der Waals surface area contributed by atoms with Crippen LogP contribution in [0.3, 0.4) is 0 Å². The van der Waals surface area contributed by atoms with Crippen LogP contribution in [0.1, 0.15) is 101 Å². The maximum atomic E-state index is 9.42. The van der Waals surface area contributed by atoms with Crippen molar-refractivity contribution in [2.24, 2.45) is 0 Å². The van der Waals surface area contributed by atoms with E-state index < -0.39 is 0 Å². The molecule has 1 N–H and O–H groups in total. The van der Waals surface area contributed by atoms with Crippen LogP contribution in [0.15, 0.2) is 249 Å². The summed E-state index contributed by atoms with van der Waals surface area (Å²) in [7, 11) is 0. The Morgan fingerprint density at radius 2 is 1.12 bits per heavy atom. The number of aliphatic hydroxyl groups is 1. The first-order valence-corrected chi connectivity index (χ1v) is 33.5. The van der Waals surface area contributed by atoms with Crippen molar-refractivity contribution in [3.05, 3.63) is 298 Å². The zero-order valence-corrected chi connectivity index (χ0v) is 53.5. The molecule has 2 aliphatic rings. The van der Waals surface area contributed by atoms with E-state index in [1.807, 2.05) is 22.7 Å². The number of hydrogen-bond acceptors (Lipinski definition) is 8. The molecule has 0 bridgehead atoms.